The maximum Gasteiger partial charge on any atom is 0.415 e. The van der Waals surface area contributed by atoms with Crippen molar-refractivity contribution in [3.8, 4) is 11.5 Å². The minimum Gasteiger partial charge on any atom is -0.492 e. The molecule has 36 heavy (non-hydrogen) atoms. The van der Waals surface area contributed by atoms with Crippen molar-refractivity contribution in [1.29, 1.82) is 0 Å². The molecule has 0 aliphatic rings. The molecule has 1 atom stereocenters. The standard InChI is InChI=1S/C28H39NO6S/c1-4-6-7-18-36-19-16-29(28(32)35-25-10-8-9-22(3)20-25)15-17-34-24-13-11-23(12-14-24)21-26(27(30)31)33-5-2/h8-14,20,26H,4-7,15-19,21H2,1-3H3,(H,30,31). The molecule has 0 saturated carbocycles. The van der Waals surface area contributed by atoms with Crippen molar-refractivity contribution in [2.45, 2.75) is 52.6 Å². The van der Waals surface area contributed by atoms with E-state index in [4.69, 9.17) is 14.2 Å². The number of carboxylic acid groups (broad SMARTS) is 1. The number of ether oxygens (including phenoxy) is 3. The van der Waals surface area contributed by atoms with Gasteiger partial charge in [0.25, 0.3) is 0 Å². The molecule has 0 bridgehead atoms. The molecule has 0 saturated heterocycles. The normalized spacial score (nSPS) is 11.6. The van der Waals surface area contributed by atoms with Gasteiger partial charge in [-0.2, -0.15) is 11.8 Å². The summed E-state index contributed by atoms with van der Waals surface area (Å²) in [5, 5.41) is 9.26. The van der Waals surface area contributed by atoms with E-state index in [0.29, 0.717) is 37.8 Å². The summed E-state index contributed by atoms with van der Waals surface area (Å²) in [5.41, 5.74) is 1.88. The highest BCUT2D eigenvalue weighted by Gasteiger charge is 2.18. The molecule has 0 aliphatic heterocycles. The SMILES string of the molecule is CCCCCSCCN(CCOc1ccc(CC(OCC)C(=O)O)cc1)C(=O)Oc1cccc(C)c1. The maximum atomic E-state index is 12.9. The Kier molecular flexibility index (Phi) is 13.8. The van der Waals surface area contributed by atoms with Crippen molar-refractivity contribution < 1.29 is 28.9 Å². The Morgan fingerprint density at radius 2 is 1.78 bits per heavy atom. The highest BCUT2D eigenvalue weighted by atomic mass is 32.2. The van der Waals surface area contributed by atoms with Gasteiger partial charge in [0.2, 0.25) is 0 Å². The lowest BCUT2D eigenvalue weighted by molar-refractivity contribution is -0.149. The molecule has 1 N–H and O–H groups in total. The van der Waals surface area contributed by atoms with Gasteiger partial charge in [0.1, 0.15) is 18.1 Å². The van der Waals surface area contributed by atoms with Crippen LogP contribution in [0.15, 0.2) is 48.5 Å². The first-order valence-electron chi connectivity index (χ1n) is 12.6. The summed E-state index contributed by atoms with van der Waals surface area (Å²) in [7, 11) is 0. The van der Waals surface area contributed by atoms with Gasteiger partial charge in [-0.1, -0.05) is 44.0 Å². The third-order valence-corrected chi connectivity index (χ3v) is 6.52. The molecule has 0 radical (unpaired) electrons. The van der Waals surface area contributed by atoms with Gasteiger partial charge in [-0.15, -0.1) is 0 Å². The van der Waals surface area contributed by atoms with E-state index in [0.717, 1.165) is 22.6 Å². The van der Waals surface area contributed by atoms with Crippen LogP contribution in [0.5, 0.6) is 11.5 Å². The number of carbonyl (C=O) groups is 2. The van der Waals surface area contributed by atoms with E-state index >= 15 is 0 Å². The van der Waals surface area contributed by atoms with Gasteiger partial charge in [0.15, 0.2) is 6.10 Å². The zero-order valence-corrected chi connectivity index (χ0v) is 22.4. The number of hydrogen-bond acceptors (Lipinski definition) is 6. The van der Waals surface area contributed by atoms with E-state index in [1.165, 1.54) is 19.3 Å². The molecule has 2 aromatic carbocycles. The molecule has 0 fully saturated rings. The topological polar surface area (TPSA) is 85.3 Å². The Balaban J connectivity index is 1.89. The maximum absolute atomic E-state index is 12.9. The number of carboxylic acids is 1. The first-order chi connectivity index (χ1) is 17.4. The molecule has 2 rings (SSSR count). The van der Waals surface area contributed by atoms with Crippen LogP contribution in [-0.2, 0) is 16.0 Å². The third-order valence-electron chi connectivity index (χ3n) is 5.47. The van der Waals surface area contributed by atoms with Crippen molar-refractivity contribution in [2.75, 3.05) is 37.8 Å². The monoisotopic (exact) mass is 517 g/mol. The predicted molar refractivity (Wildman–Crippen MR) is 144 cm³/mol. The van der Waals surface area contributed by atoms with Crippen LogP contribution < -0.4 is 9.47 Å². The molecule has 0 aromatic heterocycles. The number of carbonyl (C=O) groups excluding carboxylic acids is 1. The Labute approximate surface area is 219 Å². The highest BCUT2D eigenvalue weighted by Crippen LogP contribution is 2.16. The van der Waals surface area contributed by atoms with E-state index in [1.807, 2.05) is 49.0 Å². The number of benzene rings is 2. The number of thioether (sulfide) groups is 1. The number of amides is 1. The zero-order chi connectivity index (χ0) is 26.2. The number of aryl methyl sites for hydroxylation is 1. The second-order valence-corrected chi connectivity index (χ2v) is 9.69. The second kappa shape index (κ2) is 16.9. The van der Waals surface area contributed by atoms with Gasteiger partial charge in [-0.25, -0.2) is 9.59 Å². The van der Waals surface area contributed by atoms with Crippen molar-refractivity contribution in [2.24, 2.45) is 0 Å². The fraction of sp³-hybridized carbons (Fsp3) is 0.500. The Morgan fingerprint density at radius 3 is 2.44 bits per heavy atom. The van der Waals surface area contributed by atoms with E-state index in [-0.39, 0.29) is 12.5 Å². The van der Waals surface area contributed by atoms with E-state index < -0.39 is 12.1 Å². The van der Waals surface area contributed by atoms with Crippen LogP contribution >= 0.6 is 11.8 Å². The number of hydrogen-bond donors (Lipinski definition) is 1. The molecule has 1 amide bonds. The number of nitrogens with zero attached hydrogens (tertiary/aromatic N) is 1. The Hall–Kier alpha value is -2.71. The van der Waals surface area contributed by atoms with Gasteiger partial charge in [0, 0.05) is 25.3 Å². The smallest absolute Gasteiger partial charge is 0.415 e. The molecule has 0 spiro atoms. The van der Waals surface area contributed by atoms with E-state index in [2.05, 4.69) is 6.92 Å². The van der Waals surface area contributed by atoms with Crippen LogP contribution in [0.1, 0.15) is 44.2 Å². The lowest BCUT2D eigenvalue weighted by atomic mass is 10.1. The molecular formula is C28H39NO6S. The summed E-state index contributed by atoms with van der Waals surface area (Å²) in [6.45, 7) is 7.56. The van der Waals surface area contributed by atoms with Crippen LogP contribution in [0.4, 0.5) is 4.79 Å². The number of rotatable bonds is 17. The lowest BCUT2D eigenvalue weighted by Crippen LogP contribution is -2.38. The van der Waals surface area contributed by atoms with Gasteiger partial charge in [-0.05, 0) is 61.4 Å². The quantitative estimate of drug-likeness (QED) is 0.264. The first-order valence-corrected chi connectivity index (χ1v) is 13.8. The molecule has 198 valence electrons. The van der Waals surface area contributed by atoms with Gasteiger partial charge in [-0.3, -0.25) is 0 Å². The van der Waals surface area contributed by atoms with Crippen molar-refractivity contribution >= 4 is 23.8 Å². The summed E-state index contributed by atoms with van der Waals surface area (Å²) in [6, 6.07) is 14.7. The average molecular weight is 518 g/mol. The van der Waals surface area contributed by atoms with Crippen molar-refractivity contribution in [3.05, 3.63) is 59.7 Å². The number of unbranched alkanes of at least 4 members (excludes halogenated alkanes) is 2. The van der Waals surface area contributed by atoms with Crippen LogP contribution in [0, 0.1) is 6.92 Å². The number of aliphatic carboxylic acids is 1. The van der Waals surface area contributed by atoms with E-state index in [1.54, 1.807) is 30.0 Å². The summed E-state index contributed by atoms with van der Waals surface area (Å²) in [5.74, 6) is 2.14. The molecule has 0 heterocycles. The predicted octanol–water partition coefficient (Wildman–Crippen LogP) is 5.83. The molecular weight excluding hydrogens is 478 g/mol. The van der Waals surface area contributed by atoms with Crippen molar-refractivity contribution in [3.63, 3.8) is 0 Å². The average Bonchev–Trinajstić information content (AvgIpc) is 2.85. The minimum atomic E-state index is -0.974. The van der Waals surface area contributed by atoms with Crippen molar-refractivity contribution in [1.82, 2.24) is 4.90 Å². The van der Waals surface area contributed by atoms with Crippen LogP contribution in [0.2, 0.25) is 0 Å². The largest absolute Gasteiger partial charge is 0.492 e. The Bertz CT molecular complexity index is 921. The van der Waals surface area contributed by atoms with Crippen LogP contribution in [-0.4, -0.2) is 66.0 Å². The summed E-state index contributed by atoms with van der Waals surface area (Å²) < 4.78 is 16.8. The molecule has 0 aliphatic carbocycles. The minimum absolute atomic E-state index is 0.290. The molecule has 7 nitrogen and oxygen atoms in total. The second-order valence-electron chi connectivity index (χ2n) is 8.47. The lowest BCUT2D eigenvalue weighted by Gasteiger charge is -2.22. The third kappa shape index (κ3) is 11.4. The molecule has 8 heteroatoms. The summed E-state index contributed by atoms with van der Waals surface area (Å²) in [6.07, 6.45) is 2.64. The zero-order valence-electron chi connectivity index (χ0n) is 21.6. The fourth-order valence-corrected chi connectivity index (χ4v) is 4.46. The highest BCUT2D eigenvalue weighted by molar-refractivity contribution is 7.99. The van der Waals surface area contributed by atoms with Gasteiger partial charge in [0.05, 0.1) is 6.54 Å². The van der Waals surface area contributed by atoms with Crippen LogP contribution in [0.25, 0.3) is 0 Å². The van der Waals surface area contributed by atoms with Crippen LogP contribution in [0.3, 0.4) is 0 Å². The Morgan fingerprint density at radius 1 is 1.00 bits per heavy atom. The molecule has 2 aromatic rings. The molecule has 1 unspecified atom stereocenters. The first kappa shape index (κ1) is 29.5. The fourth-order valence-electron chi connectivity index (χ4n) is 3.50. The van der Waals surface area contributed by atoms with Gasteiger partial charge >= 0.3 is 12.1 Å². The summed E-state index contributed by atoms with van der Waals surface area (Å²) >= 11 is 1.85. The van der Waals surface area contributed by atoms with Gasteiger partial charge < -0.3 is 24.2 Å². The summed E-state index contributed by atoms with van der Waals surface area (Å²) in [4.78, 5) is 25.9. The van der Waals surface area contributed by atoms with E-state index in [9.17, 15) is 14.7 Å².